The lowest BCUT2D eigenvalue weighted by Crippen LogP contribution is -2.43. The number of phenolic OH excluding ortho intramolecular Hbond substituents is 2. The Morgan fingerprint density at radius 3 is 2.69 bits per heavy atom. The number of nitriles is 1. The highest BCUT2D eigenvalue weighted by Gasteiger charge is 2.27. The van der Waals surface area contributed by atoms with Gasteiger partial charge in [0.1, 0.15) is 29.5 Å². The van der Waals surface area contributed by atoms with Crippen LogP contribution in [0, 0.1) is 22.7 Å². The number of methoxy groups -OCH3 is 1. The lowest BCUT2D eigenvalue weighted by Gasteiger charge is -2.33. The number of imidazole rings is 1. The number of aromatic hydroxyl groups is 2. The summed E-state index contributed by atoms with van der Waals surface area (Å²) >= 11 is 1.13. The Hall–Kier alpha value is -3.69. The molecule has 0 radical (unpaired) electrons. The first-order chi connectivity index (χ1) is 17.2. The van der Waals surface area contributed by atoms with Gasteiger partial charge in [-0.3, -0.25) is 10.2 Å². The smallest absolute Gasteiger partial charge is 0.251 e. The molecule has 11 nitrogen and oxygen atoms in total. The molecule has 1 aliphatic heterocycles. The van der Waals surface area contributed by atoms with Crippen LogP contribution in [0.4, 0.5) is 5.82 Å². The third-order valence-electron chi connectivity index (χ3n) is 6.21. The van der Waals surface area contributed by atoms with Crippen LogP contribution in [0.25, 0.3) is 0 Å². The van der Waals surface area contributed by atoms with Crippen molar-refractivity contribution >= 4 is 29.3 Å². The van der Waals surface area contributed by atoms with Gasteiger partial charge in [-0.15, -0.1) is 0 Å². The van der Waals surface area contributed by atoms with Crippen molar-refractivity contribution in [1.29, 1.82) is 10.7 Å². The number of anilines is 1. The fourth-order valence-corrected chi connectivity index (χ4v) is 5.10. The van der Waals surface area contributed by atoms with E-state index in [-0.39, 0.29) is 34.5 Å². The minimum atomic E-state index is -0.456. The lowest BCUT2D eigenvalue weighted by atomic mass is 9.93. The Morgan fingerprint density at radius 1 is 1.44 bits per heavy atom. The number of nitrogens with zero attached hydrogens (tertiary/aromatic N) is 4. The van der Waals surface area contributed by atoms with Gasteiger partial charge < -0.3 is 35.5 Å². The standard InChI is InChI=1S/C24H31N7O4S/c1-4-28-22-20(21(26)27)29-24(36-19-12-18(33)17(32)11-16(19)13-25)31(22)10-7-15-5-8-30(9-6-15)23(34)14(2)35-3/h4,11-12,14-15,28,32-33H,1,5-10H2,2-3H3,(H3,26,27)/t14-/m1/s1. The SMILES string of the molecule is C=CNc1c(C(=N)N)nc(Sc2cc(O)c(O)cc2C#N)n1CCC1CCN(C(=O)[C@@H](C)OC)CC1. The van der Waals surface area contributed by atoms with Gasteiger partial charge in [0.2, 0.25) is 0 Å². The second-order valence-corrected chi connectivity index (χ2v) is 9.50. The van der Waals surface area contributed by atoms with E-state index in [1.54, 1.807) is 6.92 Å². The number of aromatic nitrogens is 2. The minimum Gasteiger partial charge on any atom is -0.504 e. The molecule has 1 fully saturated rings. The van der Waals surface area contributed by atoms with Gasteiger partial charge >= 0.3 is 0 Å². The van der Waals surface area contributed by atoms with Crippen LogP contribution in [0.5, 0.6) is 11.5 Å². The lowest BCUT2D eigenvalue weighted by molar-refractivity contribution is -0.142. The summed E-state index contributed by atoms with van der Waals surface area (Å²) in [5.74, 6) is -0.0939. The Morgan fingerprint density at radius 2 is 2.11 bits per heavy atom. The number of ether oxygens (including phenoxy) is 1. The molecule has 1 aromatic carbocycles. The highest BCUT2D eigenvalue weighted by atomic mass is 32.2. The number of hydrogen-bond donors (Lipinski definition) is 5. The Labute approximate surface area is 214 Å². The van der Waals surface area contributed by atoms with Crippen LogP contribution >= 0.6 is 11.8 Å². The molecule has 1 amide bonds. The summed E-state index contributed by atoms with van der Waals surface area (Å²) in [7, 11) is 1.53. The first-order valence-electron chi connectivity index (χ1n) is 11.5. The zero-order valence-corrected chi connectivity index (χ0v) is 21.1. The number of nitrogen functional groups attached to an aromatic ring is 1. The summed E-state index contributed by atoms with van der Waals surface area (Å²) in [4.78, 5) is 19.2. The molecule has 0 spiro atoms. The van der Waals surface area contributed by atoms with E-state index in [0.29, 0.717) is 41.4 Å². The number of hydrogen-bond acceptors (Lipinski definition) is 9. The number of amidine groups is 1. The fourth-order valence-electron chi connectivity index (χ4n) is 4.09. The summed E-state index contributed by atoms with van der Waals surface area (Å²) < 4.78 is 7.03. The molecule has 36 heavy (non-hydrogen) atoms. The van der Waals surface area contributed by atoms with Crippen molar-refractivity contribution in [2.75, 3.05) is 25.5 Å². The minimum absolute atomic E-state index is 0.00161. The van der Waals surface area contributed by atoms with Gasteiger partial charge in [-0.25, -0.2) is 4.98 Å². The molecule has 0 saturated carbocycles. The number of piperidine rings is 1. The normalized spacial score (nSPS) is 14.8. The maximum absolute atomic E-state index is 12.4. The monoisotopic (exact) mass is 513 g/mol. The molecule has 6 N–H and O–H groups in total. The first-order valence-corrected chi connectivity index (χ1v) is 12.3. The largest absolute Gasteiger partial charge is 0.504 e. The van der Waals surface area contributed by atoms with E-state index in [1.165, 1.54) is 25.4 Å². The second-order valence-electron chi connectivity index (χ2n) is 8.49. The number of amides is 1. The quantitative estimate of drug-likeness (QED) is 0.182. The summed E-state index contributed by atoms with van der Waals surface area (Å²) in [6.07, 6.45) is 3.52. The van der Waals surface area contributed by atoms with Gasteiger partial charge in [-0.2, -0.15) is 5.26 Å². The van der Waals surface area contributed by atoms with Crippen LogP contribution in [-0.4, -0.2) is 62.7 Å². The first kappa shape index (κ1) is 26.9. The zero-order valence-electron chi connectivity index (χ0n) is 20.3. The van der Waals surface area contributed by atoms with E-state index in [1.807, 2.05) is 15.5 Å². The summed E-state index contributed by atoms with van der Waals surface area (Å²) in [6, 6.07) is 4.51. The van der Waals surface area contributed by atoms with Gasteiger partial charge in [-0.1, -0.05) is 18.3 Å². The molecular formula is C24H31N7O4S. The number of carbonyl (C=O) groups excluding carboxylic acids is 1. The van der Waals surface area contributed by atoms with Gasteiger partial charge in [-0.05, 0) is 44.4 Å². The highest BCUT2D eigenvalue weighted by Crippen LogP contribution is 2.38. The average Bonchev–Trinajstić information content (AvgIpc) is 3.21. The third kappa shape index (κ3) is 5.92. The van der Waals surface area contributed by atoms with Gasteiger partial charge in [0.25, 0.3) is 5.91 Å². The number of benzene rings is 1. The van der Waals surface area contributed by atoms with Crippen molar-refractivity contribution in [3.63, 3.8) is 0 Å². The summed E-state index contributed by atoms with van der Waals surface area (Å²) in [6.45, 7) is 7.33. The molecule has 12 heteroatoms. The van der Waals surface area contributed by atoms with Gasteiger partial charge in [0, 0.05) is 37.7 Å². The number of phenols is 2. The third-order valence-corrected chi connectivity index (χ3v) is 7.27. The van der Waals surface area contributed by atoms with Crippen LogP contribution in [0.15, 0.2) is 35.0 Å². The number of nitrogens with one attached hydrogen (secondary N) is 2. The van der Waals surface area contributed by atoms with Crippen LogP contribution in [0.1, 0.15) is 37.4 Å². The predicted octanol–water partition coefficient (Wildman–Crippen LogP) is 2.82. The number of likely N-dealkylation sites (tertiary alicyclic amines) is 1. The molecule has 1 aromatic heterocycles. The molecule has 1 saturated heterocycles. The van der Waals surface area contributed by atoms with Gasteiger partial charge in [0.15, 0.2) is 16.7 Å². The molecule has 0 aliphatic carbocycles. The van der Waals surface area contributed by atoms with Crippen LogP contribution < -0.4 is 11.1 Å². The van der Waals surface area contributed by atoms with Crippen molar-refractivity contribution in [3.8, 4) is 17.6 Å². The summed E-state index contributed by atoms with van der Waals surface area (Å²) in [5.41, 5.74) is 6.21. The molecule has 2 heterocycles. The molecule has 0 bridgehead atoms. The average molecular weight is 514 g/mol. The van der Waals surface area contributed by atoms with E-state index >= 15 is 0 Å². The molecule has 1 atom stereocenters. The van der Waals surface area contributed by atoms with Crippen LogP contribution in [0.2, 0.25) is 0 Å². The molecule has 192 valence electrons. The molecule has 0 unspecified atom stereocenters. The Kier molecular flexibility index (Phi) is 8.84. The van der Waals surface area contributed by atoms with E-state index in [0.717, 1.165) is 31.0 Å². The van der Waals surface area contributed by atoms with Crippen molar-refractivity contribution in [2.45, 2.75) is 48.9 Å². The number of nitrogens with two attached hydrogens (primary N) is 1. The maximum Gasteiger partial charge on any atom is 0.251 e. The zero-order chi connectivity index (χ0) is 26.4. The molecular weight excluding hydrogens is 482 g/mol. The topological polar surface area (TPSA) is 174 Å². The van der Waals surface area contributed by atoms with Crippen LogP contribution in [0.3, 0.4) is 0 Å². The van der Waals surface area contributed by atoms with Crippen molar-refractivity contribution < 1.29 is 19.7 Å². The Bertz CT molecular complexity index is 1180. The van der Waals surface area contributed by atoms with Crippen molar-refractivity contribution in [1.82, 2.24) is 14.5 Å². The fraction of sp³-hybridized carbons (Fsp3) is 0.417. The van der Waals surface area contributed by atoms with Gasteiger partial charge in [0.05, 0.1) is 5.56 Å². The molecule has 1 aliphatic rings. The van der Waals surface area contributed by atoms with Crippen LogP contribution in [-0.2, 0) is 16.1 Å². The van der Waals surface area contributed by atoms with E-state index in [9.17, 15) is 20.3 Å². The molecule has 3 rings (SSSR count). The second kappa shape index (κ2) is 11.8. The molecule has 2 aromatic rings. The van der Waals surface area contributed by atoms with Crippen molar-refractivity contribution in [3.05, 3.63) is 36.2 Å². The highest BCUT2D eigenvalue weighted by molar-refractivity contribution is 7.99. The van der Waals surface area contributed by atoms with Crippen molar-refractivity contribution in [2.24, 2.45) is 11.7 Å². The Balaban J connectivity index is 1.83. The number of rotatable bonds is 10. The maximum atomic E-state index is 12.4. The predicted molar refractivity (Wildman–Crippen MR) is 136 cm³/mol. The van der Waals surface area contributed by atoms with E-state index in [2.05, 4.69) is 16.9 Å². The van der Waals surface area contributed by atoms with E-state index in [4.69, 9.17) is 15.9 Å². The number of carbonyl (C=O) groups is 1. The van der Waals surface area contributed by atoms with E-state index < -0.39 is 6.10 Å². The summed E-state index contributed by atoms with van der Waals surface area (Å²) in [5, 5.41) is 40.7.